The first-order chi connectivity index (χ1) is 13.2. The van der Waals surface area contributed by atoms with Gasteiger partial charge >= 0.3 is 0 Å². The van der Waals surface area contributed by atoms with Gasteiger partial charge in [0.1, 0.15) is 12.5 Å². The second-order valence-electron chi connectivity index (χ2n) is 6.53. The second-order valence-corrected chi connectivity index (χ2v) is 6.53. The van der Waals surface area contributed by atoms with Crippen molar-refractivity contribution < 1.29 is 9.59 Å². The zero-order valence-corrected chi connectivity index (χ0v) is 15.1. The Morgan fingerprint density at radius 2 is 1.59 bits per heavy atom. The Bertz CT molecular complexity index is 849. The summed E-state index contributed by atoms with van der Waals surface area (Å²) in [5.74, 6) is -0.854. The highest BCUT2D eigenvalue weighted by molar-refractivity contribution is 6.08. The maximum absolute atomic E-state index is 12.1. The second kappa shape index (κ2) is 8.86. The predicted molar refractivity (Wildman–Crippen MR) is 106 cm³/mol. The SMILES string of the molecule is N#Cc1ccccc1NC(=O)CC(=O)Nc1ccc(N2CCCCC2)cc1. The molecule has 0 radical (unpaired) electrons. The molecule has 0 aliphatic carbocycles. The monoisotopic (exact) mass is 362 g/mol. The van der Waals surface area contributed by atoms with Crippen LogP contribution in [0, 0.1) is 11.3 Å². The molecule has 1 heterocycles. The van der Waals surface area contributed by atoms with Crippen LogP contribution in [-0.4, -0.2) is 24.9 Å². The lowest BCUT2D eigenvalue weighted by Crippen LogP contribution is -2.29. The molecule has 1 fully saturated rings. The van der Waals surface area contributed by atoms with Crippen LogP contribution >= 0.6 is 0 Å². The van der Waals surface area contributed by atoms with Gasteiger partial charge in [0.05, 0.1) is 11.3 Å². The molecule has 0 bridgehead atoms. The van der Waals surface area contributed by atoms with E-state index in [0.29, 0.717) is 16.9 Å². The Labute approximate surface area is 158 Å². The number of carbonyl (C=O) groups is 2. The van der Waals surface area contributed by atoms with Crippen molar-refractivity contribution in [3.8, 4) is 6.07 Å². The lowest BCUT2D eigenvalue weighted by atomic mass is 10.1. The van der Waals surface area contributed by atoms with Crippen LogP contribution in [0.4, 0.5) is 17.1 Å². The van der Waals surface area contributed by atoms with Crippen molar-refractivity contribution in [1.29, 1.82) is 5.26 Å². The summed E-state index contributed by atoms with van der Waals surface area (Å²) < 4.78 is 0. The molecule has 27 heavy (non-hydrogen) atoms. The van der Waals surface area contributed by atoms with Crippen LogP contribution in [0.3, 0.4) is 0 Å². The topological polar surface area (TPSA) is 85.2 Å². The van der Waals surface area contributed by atoms with Gasteiger partial charge in [0, 0.05) is 24.5 Å². The van der Waals surface area contributed by atoms with Gasteiger partial charge in [-0.05, 0) is 55.7 Å². The van der Waals surface area contributed by atoms with Gasteiger partial charge in [-0.15, -0.1) is 0 Å². The minimum atomic E-state index is -0.458. The van der Waals surface area contributed by atoms with Gasteiger partial charge in [0.2, 0.25) is 11.8 Å². The molecule has 0 atom stereocenters. The maximum atomic E-state index is 12.1. The van der Waals surface area contributed by atoms with E-state index in [0.717, 1.165) is 18.8 Å². The van der Waals surface area contributed by atoms with E-state index in [9.17, 15) is 9.59 Å². The number of anilines is 3. The Balaban J connectivity index is 1.52. The molecule has 2 aromatic carbocycles. The molecule has 2 aromatic rings. The maximum Gasteiger partial charge on any atom is 0.233 e. The van der Waals surface area contributed by atoms with Gasteiger partial charge < -0.3 is 15.5 Å². The van der Waals surface area contributed by atoms with E-state index in [-0.39, 0.29) is 6.42 Å². The van der Waals surface area contributed by atoms with Gasteiger partial charge in [-0.1, -0.05) is 12.1 Å². The summed E-state index contributed by atoms with van der Waals surface area (Å²) in [6, 6.07) is 16.4. The fourth-order valence-electron chi connectivity index (χ4n) is 3.14. The van der Waals surface area contributed by atoms with Crippen LogP contribution in [-0.2, 0) is 9.59 Å². The van der Waals surface area contributed by atoms with Crippen molar-refractivity contribution >= 4 is 28.9 Å². The van der Waals surface area contributed by atoms with Crippen LogP contribution < -0.4 is 15.5 Å². The first-order valence-electron chi connectivity index (χ1n) is 9.09. The standard InChI is InChI=1S/C21H22N4O2/c22-15-16-6-2-3-7-19(16)24-21(27)14-20(26)23-17-8-10-18(11-9-17)25-12-4-1-5-13-25/h2-3,6-11H,1,4-5,12-14H2,(H,23,26)(H,24,27). The zero-order chi connectivity index (χ0) is 19.1. The Morgan fingerprint density at radius 1 is 0.926 bits per heavy atom. The molecule has 1 aliphatic heterocycles. The van der Waals surface area contributed by atoms with Crippen molar-refractivity contribution in [2.75, 3.05) is 28.6 Å². The highest BCUT2D eigenvalue weighted by atomic mass is 16.2. The van der Waals surface area contributed by atoms with E-state index in [1.165, 1.54) is 19.3 Å². The predicted octanol–water partition coefficient (Wildman–Crippen LogP) is 3.52. The van der Waals surface area contributed by atoms with Crippen LogP contribution in [0.2, 0.25) is 0 Å². The van der Waals surface area contributed by atoms with Gasteiger partial charge in [0.25, 0.3) is 0 Å². The van der Waals surface area contributed by atoms with Gasteiger partial charge in [-0.2, -0.15) is 5.26 Å². The summed E-state index contributed by atoms with van der Waals surface area (Å²) in [6.07, 6.45) is 3.39. The largest absolute Gasteiger partial charge is 0.372 e. The number of nitrogens with one attached hydrogen (secondary N) is 2. The fraction of sp³-hybridized carbons (Fsp3) is 0.286. The molecule has 0 spiro atoms. The van der Waals surface area contributed by atoms with Crippen LogP contribution in [0.15, 0.2) is 48.5 Å². The first kappa shape index (κ1) is 18.5. The molecule has 138 valence electrons. The average Bonchev–Trinajstić information content (AvgIpc) is 2.69. The van der Waals surface area contributed by atoms with Gasteiger partial charge in [-0.3, -0.25) is 9.59 Å². The third-order valence-electron chi connectivity index (χ3n) is 4.51. The zero-order valence-electron chi connectivity index (χ0n) is 15.1. The number of rotatable bonds is 5. The third-order valence-corrected chi connectivity index (χ3v) is 4.51. The molecular formula is C21H22N4O2. The number of piperidine rings is 1. The molecule has 2 amide bonds. The smallest absolute Gasteiger partial charge is 0.233 e. The van der Waals surface area contributed by atoms with E-state index in [4.69, 9.17) is 5.26 Å². The molecule has 1 aliphatic rings. The number of para-hydroxylation sites is 1. The highest BCUT2D eigenvalue weighted by Gasteiger charge is 2.13. The lowest BCUT2D eigenvalue weighted by molar-refractivity contribution is -0.123. The summed E-state index contributed by atoms with van der Waals surface area (Å²) in [6.45, 7) is 2.13. The van der Waals surface area contributed by atoms with Gasteiger partial charge in [-0.25, -0.2) is 0 Å². The van der Waals surface area contributed by atoms with E-state index in [2.05, 4.69) is 15.5 Å². The molecule has 3 rings (SSSR count). The number of amides is 2. The average molecular weight is 362 g/mol. The van der Waals surface area contributed by atoms with E-state index in [1.807, 2.05) is 30.3 Å². The Kier molecular flexibility index (Phi) is 6.06. The normalized spacial score (nSPS) is 13.5. The Morgan fingerprint density at radius 3 is 2.30 bits per heavy atom. The van der Waals surface area contributed by atoms with Crippen molar-refractivity contribution in [2.24, 2.45) is 0 Å². The summed E-state index contributed by atoms with van der Waals surface area (Å²) in [4.78, 5) is 26.5. The highest BCUT2D eigenvalue weighted by Crippen LogP contribution is 2.22. The number of nitrogens with zero attached hydrogens (tertiary/aromatic N) is 2. The van der Waals surface area contributed by atoms with Crippen LogP contribution in [0.5, 0.6) is 0 Å². The number of hydrogen-bond donors (Lipinski definition) is 2. The van der Waals surface area contributed by atoms with Gasteiger partial charge in [0.15, 0.2) is 0 Å². The number of carbonyl (C=O) groups excluding carboxylic acids is 2. The Hall–Kier alpha value is -3.33. The third kappa shape index (κ3) is 5.08. The summed E-state index contributed by atoms with van der Waals surface area (Å²) in [5, 5.41) is 14.4. The summed E-state index contributed by atoms with van der Waals surface area (Å²) >= 11 is 0. The molecule has 1 saturated heterocycles. The van der Waals surface area contributed by atoms with Crippen LogP contribution in [0.1, 0.15) is 31.2 Å². The molecule has 0 unspecified atom stereocenters. The van der Waals surface area contributed by atoms with Crippen molar-refractivity contribution in [2.45, 2.75) is 25.7 Å². The molecule has 2 N–H and O–H groups in total. The van der Waals surface area contributed by atoms with E-state index < -0.39 is 11.8 Å². The number of hydrogen-bond acceptors (Lipinski definition) is 4. The van der Waals surface area contributed by atoms with E-state index >= 15 is 0 Å². The van der Waals surface area contributed by atoms with E-state index in [1.54, 1.807) is 24.3 Å². The van der Waals surface area contributed by atoms with Crippen LogP contribution in [0.25, 0.3) is 0 Å². The minimum Gasteiger partial charge on any atom is -0.372 e. The molecule has 0 saturated carbocycles. The number of benzene rings is 2. The van der Waals surface area contributed by atoms with Crippen molar-refractivity contribution in [1.82, 2.24) is 0 Å². The minimum absolute atomic E-state index is 0.312. The first-order valence-corrected chi connectivity index (χ1v) is 9.09. The molecule has 0 aromatic heterocycles. The van der Waals surface area contributed by atoms with Crippen molar-refractivity contribution in [3.05, 3.63) is 54.1 Å². The number of nitriles is 1. The van der Waals surface area contributed by atoms with Crippen molar-refractivity contribution in [3.63, 3.8) is 0 Å². The lowest BCUT2D eigenvalue weighted by Gasteiger charge is -2.28. The molecule has 6 nitrogen and oxygen atoms in total. The molecular weight excluding hydrogens is 340 g/mol. The molecule has 6 heteroatoms. The quantitative estimate of drug-likeness (QED) is 0.797. The summed E-state index contributed by atoms with van der Waals surface area (Å²) in [5.41, 5.74) is 2.58. The fourth-order valence-corrected chi connectivity index (χ4v) is 3.14. The summed E-state index contributed by atoms with van der Waals surface area (Å²) in [7, 11) is 0.